The van der Waals surface area contributed by atoms with Gasteiger partial charge in [0.1, 0.15) is 11.5 Å². The SMILES string of the molecule is Cc1cccc(CNCc2c(C(=O)O)n(Cc3ccc(F)cc3Cl)c3ccccc23)c1. The number of carbonyl (C=O) groups is 1. The maximum Gasteiger partial charge on any atom is 0.352 e. The first-order valence-corrected chi connectivity index (χ1v) is 10.4. The molecule has 0 amide bonds. The van der Waals surface area contributed by atoms with Crippen molar-refractivity contribution in [1.29, 1.82) is 0 Å². The Kier molecular flexibility index (Phi) is 6.07. The molecule has 0 spiro atoms. The van der Waals surface area contributed by atoms with Crippen LogP contribution in [0.15, 0.2) is 66.7 Å². The Morgan fingerprint density at radius 3 is 2.61 bits per heavy atom. The minimum Gasteiger partial charge on any atom is -0.477 e. The normalized spacial score (nSPS) is 11.2. The van der Waals surface area contributed by atoms with Gasteiger partial charge >= 0.3 is 5.97 Å². The van der Waals surface area contributed by atoms with E-state index in [0.29, 0.717) is 24.2 Å². The Hall–Kier alpha value is -3.15. The van der Waals surface area contributed by atoms with Gasteiger partial charge in [0.15, 0.2) is 0 Å². The minimum absolute atomic E-state index is 0.207. The van der Waals surface area contributed by atoms with Gasteiger partial charge in [0.05, 0.1) is 0 Å². The zero-order valence-electron chi connectivity index (χ0n) is 17.0. The number of aromatic nitrogens is 1. The van der Waals surface area contributed by atoms with Gasteiger partial charge in [0.2, 0.25) is 0 Å². The fourth-order valence-corrected chi connectivity index (χ4v) is 4.16. The van der Waals surface area contributed by atoms with Crippen molar-refractivity contribution >= 4 is 28.5 Å². The number of aromatic carboxylic acids is 1. The van der Waals surface area contributed by atoms with Crippen molar-refractivity contribution in [3.8, 4) is 0 Å². The number of nitrogens with zero attached hydrogens (tertiary/aromatic N) is 1. The van der Waals surface area contributed by atoms with Gasteiger partial charge in [0, 0.05) is 41.1 Å². The Morgan fingerprint density at radius 1 is 1.06 bits per heavy atom. The number of benzene rings is 3. The molecule has 6 heteroatoms. The second-order valence-corrected chi connectivity index (χ2v) is 7.97. The predicted octanol–water partition coefficient (Wildman–Crippen LogP) is 5.78. The van der Waals surface area contributed by atoms with Gasteiger partial charge in [-0.1, -0.05) is 65.7 Å². The van der Waals surface area contributed by atoms with E-state index in [2.05, 4.69) is 11.4 Å². The van der Waals surface area contributed by atoms with Crippen LogP contribution in [0, 0.1) is 12.7 Å². The van der Waals surface area contributed by atoms with Crippen molar-refractivity contribution in [3.63, 3.8) is 0 Å². The fraction of sp³-hybridized carbons (Fsp3) is 0.160. The maximum atomic E-state index is 13.5. The summed E-state index contributed by atoms with van der Waals surface area (Å²) in [5.41, 5.74) is 4.70. The predicted molar refractivity (Wildman–Crippen MR) is 121 cm³/mol. The van der Waals surface area contributed by atoms with Crippen LogP contribution in [0.4, 0.5) is 4.39 Å². The fourth-order valence-electron chi connectivity index (χ4n) is 3.94. The second-order valence-electron chi connectivity index (χ2n) is 7.56. The summed E-state index contributed by atoms with van der Waals surface area (Å²) in [4.78, 5) is 12.3. The lowest BCUT2D eigenvalue weighted by atomic mass is 10.1. The number of aryl methyl sites for hydroxylation is 1. The summed E-state index contributed by atoms with van der Waals surface area (Å²) < 4.78 is 15.2. The number of carboxylic acids is 1. The molecule has 4 aromatic rings. The summed E-state index contributed by atoms with van der Waals surface area (Å²) in [6.07, 6.45) is 0. The molecule has 0 aliphatic carbocycles. The van der Waals surface area contributed by atoms with Crippen molar-refractivity contribution < 1.29 is 14.3 Å². The van der Waals surface area contributed by atoms with E-state index in [0.717, 1.165) is 16.5 Å². The van der Waals surface area contributed by atoms with Crippen LogP contribution >= 0.6 is 11.6 Å². The molecule has 0 radical (unpaired) electrons. The molecule has 158 valence electrons. The van der Waals surface area contributed by atoms with Crippen LogP contribution in [0.3, 0.4) is 0 Å². The topological polar surface area (TPSA) is 54.3 Å². The first kappa shape index (κ1) is 21.1. The zero-order valence-corrected chi connectivity index (χ0v) is 17.8. The number of hydrogen-bond acceptors (Lipinski definition) is 2. The standard InChI is InChI=1S/C25H22ClFN2O2/c1-16-5-4-6-17(11-16)13-28-14-21-20-7-2-3-8-23(20)29(24(21)25(30)31)15-18-9-10-19(27)12-22(18)26/h2-12,28H,13-15H2,1H3,(H,30,31). The van der Waals surface area contributed by atoms with Gasteiger partial charge in [-0.3, -0.25) is 0 Å². The highest BCUT2D eigenvalue weighted by Crippen LogP contribution is 2.29. The van der Waals surface area contributed by atoms with E-state index >= 15 is 0 Å². The smallest absolute Gasteiger partial charge is 0.352 e. The zero-order chi connectivity index (χ0) is 22.0. The number of halogens is 2. The summed E-state index contributed by atoms with van der Waals surface area (Å²) in [7, 11) is 0. The molecule has 0 bridgehead atoms. The Morgan fingerprint density at radius 2 is 1.87 bits per heavy atom. The monoisotopic (exact) mass is 436 g/mol. The molecule has 0 unspecified atom stereocenters. The molecule has 4 rings (SSSR count). The summed E-state index contributed by atoms with van der Waals surface area (Å²) in [6, 6.07) is 19.9. The highest BCUT2D eigenvalue weighted by molar-refractivity contribution is 6.31. The molecule has 4 nitrogen and oxygen atoms in total. The van der Waals surface area contributed by atoms with E-state index in [1.807, 2.05) is 49.4 Å². The molecule has 0 saturated carbocycles. The second kappa shape index (κ2) is 8.92. The largest absolute Gasteiger partial charge is 0.477 e. The molecule has 31 heavy (non-hydrogen) atoms. The summed E-state index contributed by atoms with van der Waals surface area (Å²) in [5, 5.41) is 14.6. The molecule has 0 aliphatic rings. The number of carboxylic acid groups (broad SMARTS) is 1. The van der Waals surface area contributed by atoms with Gasteiger partial charge in [0.25, 0.3) is 0 Å². The van der Waals surface area contributed by atoms with E-state index in [4.69, 9.17) is 11.6 Å². The molecule has 1 aromatic heterocycles. The van der Waals surface area contributed by atoms with Crippen molar-refractivity contribution in [2.24, 2.45) is 0 Å². The molecular formula is C25H22ClFN2O2. The van der Waals surface area contributed by atoms with E-state index in [9.17, 15) is 14.3 Å². The lowest BCUT2D eigenvalue weighted by Gasteiger charge is -2.11. The maximum absolute atomic E-state index is 13.5. The third kappa shape index (κ3) is 4.48. The van der Waals surface area contributed by atoms with Crippen molar-refractivity contribution in [2.45, 2.75) is 26.6 Å². The lowest BCUT2D eigenvalue weighted by Crippen LogP contribution is -2.17. The van der Waals surface area contributed by atoms with Gasteiger partial charge in [-0.15, -0.1) is 0 Å². The summed E-state index contributed by atoms with van der Waals surface area (Å²) >= 11 is 6.22. The molecule has 0 aliphatic heterocycles. The minimum atomic E-state index is -1.01. The Bertz CT molecular complexity index is 1270. The van der Waals surface area contributed by atoms with Gasteiger partial charge in [-0.2, -0.15) is 0 Å². The van der Waals surface area contributed by atoms with Crippen molar-refractivity contribution in [3.05, 3.63) is 106 Å². The Labute approximate surface area is 184 Å². The molecule has 2 N–H and O–H groups in total. The van der Waals surface area contributed by atoms with Gasteiger partial charge < -0.3 is 15.0 Å². The van der Waals surface area contributed by atoms with E-state index < -0.39 is 11.8 Å². The number of rotatable bonds is 7. The molecule has 0 saturated heterocycles. The van der Waals surface area contributed by atoms with E-state index in [1.165, 1.54) is 17.7 Å². The highest BCUT2D eigenvalue weighted by Gasteiger charge is 2.22. The average Bonchev–Trinajstić information content (AvgIpc) is 3.04. The van der Waals surface area contributed by atoms with Crippen LogP contribution < -0.4 is 5.32 Å². The third-order valence-electron chi connectivity index (χ3n) is 5.34. The number of hydrogen-bond donors (Lipinski definition) is 2. The van der Waals surface area contributed by atoms with Crippen LogP contribution in [-0.2, 0) is 19.6 Å². The van der Waals surface area contributed by atoms with E-state index in [-0.39, 0.29) is 17.3 Å². The first-order valence-electron chi connectivity index (χ1n) is 9.97. The van der Waals surface area contributed by atoms with Crippen molar-refractivity contribution in [1.82, 2.24) is 9.88 Å². The van der Waals surface area contributed by atoms with Crippen molar-refractivity contribution in [2.75, 3.05) is 0 Å². The van der Waals surface area contributed by atoms with Crippen LogP contribution in [0.2, 0.25) is 5.02 Å². The average molecular weight is 437 g/mol. The first-order chi connectivity index (χ1) is 14.9. The van der Waals surface area contributed by atoms with Crippen LogP contribution in [0.5, 0.6) is 0 Å². The quantitative estimate of drug-likeness (QED) is 0.386. The van der Waals surface area contributed by atoms with Crippen LogP contribution in [0.1, 0.15) is 32.7 Å². The van der Waals surface area contributed by atoms with Crippen LogP contribution in [-0.4, -0.2) is 15.6 Å². The molecule has 0 fully saturated rings. The number of nitrogens with one attached hydrogen (secondary N) is 1. The van der Waals surface area contributed by atoms with Gasteiger partial charge in [-0.25, -0.2) is 9.18 Å². The van der Waals surface area contributed by atoms with E-state index in [1.54, 1.807) is 10.6 Å². The molecular weight excluding hydrogens is 415 g/mol. The molecule has 3 aromatic carbocycles. The highest BCUT2D eigenvalue weighted by atomic mass is 35.5. The number of fused-ring (bicyclic) bond motifs is 1. The number of para-hydroxylation sites is 1. The van der Waals surface area contributed by atoms with Gasteiger partial charge in [-0.05, 0) is 36.2 Å². The summed E-state index contributed by atoms with van der Waals surface area (Å²) in [6.45, 7) is 3.31. The van der Waals surface area contributed by atoms with Crippen LogP contribution in [0.25, 0.3) is 10.9 Å². The Balaban J connectivity index is 1.71. The summed E-state index contributed by atoms with van der Waals surface area (Å²) in [5.74, 6) is -1.44. The molecule has 0 atom stereocenters. The lowest BCUT2D eigenvalue weighted by molar-refractivity contribution is 0.0684. The third-order valence-corrected chi connectivity index (χ3v) is 5.69. The molecule has 1 heterocycles.